The Hall–Kier alpha value is -2.94. The van der Waals surface area contributed by atoms with Crippen LogP contribution in [0.15, 0.2) is 18.2 Å². The molecule has 0 bridgehead atoms. The van der Waals surface area contributed by atoms with Gasteiger partial charge in [0.2, 0.25) is 5.95 Å². The van der Waals surface area contributed by atoms with E-state index in [1.165, 1.54) is 11.3 Å². The molecule has 1 atom stereocenters. The molecular formula is C16H16N6O2S. The Morgan fingerprint density at radius 3 is 3.04 bits per heavy atom. The van der Waals surface area contributed by atoms with E-state index in [0.717, 1.165) is 26.9 Å². The molecular weight excluding hydrogens is 340 g/mol. The van der Waals surface area contributed by atoms with Crippen LogP contribution in [0.1, 0.15) is 44.4 Å². The summed E-state index contributed by atoms with van der Waals surface area (Å²) in [6.45, 7) is 2.42. The normalized spacial score (nSPS) is 14.8. The molecule has 128 valence electrons. The molecule has 9 heteroatoms. The number of thiophene rings is 1. The number of H-pyrrole nitrogens is 1. The minimum Gasteiger partial charge on any atom is -0.367 e. The number of aromatic nitrogens is 3. The van der Waals surface area contributed by atoms with Gasteiger partial charge in [0.05, 0.1) is 10.9 Å². The zero-order valence-corrected chi connectivity index (χ0v) is 14.2. The lowest BCUT2D eigenvalue weighted by atomic mass is 10.0. The number of nitrogens with two attached hydrogens (primary N) is 1. The lowest BCUT2D eigenvalue weighted by molar-refractivity contribution is 0.0934. The summed E-state index contributed by atoms with van der Waals surface area (Å²) < 4.78 is 1.01. The molecule has 1 aliphatic rings. The summed E-state index contributed by atoms with van der Waals surface area (Å²) in [5.74, 6) is 0.381. The summed E-state index contributed by atoms with van der Waals surface area (Å²) >= 11 is 1.46. The van der Waals surface area contributed by atoms with Gasteiger partial charge in [-0.2, -0.15) is 4.98 Å². The number of carbonyl (C=O) groups excluding carboxylic acids is 2. The predicted octanol–water partition coefficient (Wildman–Crippen LogP) is 1.38. The molecule has 0 fully saturated rings. The van der Waals surface area contributed by atoms with Gasteiger partial charge >= 0.3 is 0 Å². The molecule has 2 amide bonds. The summed E-state index contributed by atoms with van der Waals surface area (Å²) in [6, 6.07) is 5.15. The summed E-state index contributed by atoms with van der Waals surface area (Å²) in [5.41, 5.74) is 7.05. The Morgan fingerprint density at radius 2 is 2.28 bits per heavy atom. The van der Waals surface area contributed by atoms with Crippen molar-refractivity contribution in [2.75, 3.05) is 12.3 Å². The van der Waals surface area contributed by atoms with Gasteiger partial charge in [-0.3, -0.25) is 14.7 Å². The number of rotatable bonds is 3. The summed E-state index contributed by atoms with van der Waals surface area (Å²) in [4.78, 5) is 29.3. The monoisotopic (exact) mass is 356 g/mol. The second-order valence-electron chi connectivity index (χ2n) is 5.90. The van der Waals surface area contributed by atoms with Crippen molar-refractivity contribution in [2.24, 2.45) is 0 Å². The Kier molecular flexibility index (Phi) is 3.65. The van der Waals surface area contributed by atoms with Crippen molar-refractivity contribution in [1.29, 1.82) is 0 Å². The zero-order chi connectivity index (χ0) is 17.6. The van der Waals surface area contributed by atoms with Crippen LogP contribution in [0.3, 0.4) is 0 Å². The highest BCUT2D eigenvalue weighted by atomic mass is 32.1. The van der Waals surface area contributed by atoms with Crippen LogP contribution in [0.5, 0.6) is 0 Å². The Labute approximate surface area is 146 Å². The molecule has 5 N–H and O–H groups in total. The number of nitrogens with zero attached hydrogens (tertiary/aromatic N) is 2. The van der Waals surface area contributed by atoms with E-state index in [1.807, 2.05) is 12.1 Å². The maximum absolute atomic E-state index is 12.6. The van der Waals surface area contributed by atoms with Crippen molar-refractivity contribution in [3.05, 3.63) is 40.0 Å². The zero-order valence-electron chi connectivity index (χ0n) is 13.4. The summed E-state index contributed by atoms with van der Waals surface area (Å²) in [6.07, 6.45) is 0.778. The first-order valence-corrected chi connectivity index (χ1v) is 8.67. The van der Waals surface area contributed by atoms with E-state index in [1.54, 1.807) is 13.0 Å². The second-order valence-corrected chi connectivity index (χ2v) is 6.95. The molecule has 8 nitrogen and oxygen atoms in total. The third-order valence-electron chi connectivity index (χ3n) is 4.20. The quantitative estimate of drug-likeness (QED) is 0.564. The van der Waals surface area contributed by atoms with Gasteiger partial charge in [0.1, 0.15) is 5.82 Å². The first-order chi connectivity index (χ1) is 12.0. The van der Waals surface area contributed by atoms with Crippen LogP contribution in [-0.4, -0.2) is 33.5 Å². The molecule has 0 unspecified atom stereocenters. The van der Waals surface area contributed by atoms with Crippen LogP contribution >= 0.6 is 11.3 Å². The van der Waals surface area contributed by atoms with Crippen LogP contribution < -0.4 is 16.4 Å². The largest absolute Gasteiger partial charge is 0.367 e. The van der Waals surface area contributed by atoms with E-state index >= 15 is 0 Å². The minimum atomic E-state index is -0.352. The average molecular weight is 356 g/mol. The van der Waals surface area contributed by atoms with Crippen molar-refractivity contribution < 1.29 is 9.59 Å². The van der Waals surface area contributed by atoms with Crippen molar-refractivity contribution in [3.8, 4) is 0 Å². The number of amides is 2. The fourth-order valence-corrected chi connectivity index (χ4v) is 4.08. The van der Waals surface area contributed by atoms with Gasteiger partial charge in [0.25, 0.3) is 11.8 Å². The fraction of sp³-hybridized carbons (Fsp3) is 0.250. The lowest BCUT2D eigenvalue weighted by Gasteiger charge is -2.13. The van der Waals surface area contributed by atoms with Crippen molar-refractivity contribution in [2.45, 2.75) is 19.4 Å². The van der Waals surface area contributed by atoms with Gasteiger partial charge < -0.3 is 16.4 Å². The molecule has 0 radical (unpaired) electrons. The van der Waals surface area contributed by atoms with E-state index in [4.69, 9.17) is 5.73 Å². The maximum Gasteiger partial charge on any atom is 0.261 e. The van der Waals surface area contributed by atoms with Gasteiger partial charge in [0, 0.05) is 16.8 Å². The molecule has 1 aromatic carbocycles. The lowest BCUT2D eigenvalue weighted by Crippen LogP contribution is -2.30. The molecule has 2 aromatic heterocycles. The fourth-order valence-electron chi connectivity index (χ4n) is 2.93. The van der Waals surface area contributed by atoms with Crippen LogP contribution in [-0.2, 0) is 6.42 Å². The predicted molar refractivity (Wildman–Crippen MR) is 94.5 cm³/mol. The highest BCUT2D eigenvalue weighted by Crippen LogP contribution is 2.34. The standard InChI is InChI=1S/C16H16N6O2S/c1-7(13-20-16(17)22-21-13)19-14(23)8-2-3-11-10(6-8)9-4-5-18-15(24)12(9)25-11/h2-3,6-7H,4-5H2,1H3,(H,18,24)(H,19,23)(H3,17,20,21,22)/t7-/m1/s1. The summed E-state index contributed by atoms with van der Waals surface area (Å²) in [7, 11) is 0. The molecule has 3 heterocycles. The average Bonchev–Trinajstić information content (AvgIpc) is 3.19. The molecule has 25 heavy (non-hydrogen) atoms. The number of hydrogen-bond donors (Lipinski definition) is 4. The van der Waals surface area contributed by atoms with Crippen LogP contribution in [0, 0.1) is 0 Å². The van der Waals surface area contributed by atoms with Crippen LogP contribution in [0.4, 0.5) is 5.95 Å². The number of anilines is 1. The third-order valence-corrected chi connectivity index (χ3v) is 5.41. The van der Waals surface area contributed by atoms with Gasteiger partial charge in [-0.05, 0) is 42.5 Å². The molecule has 0 saturated carbocycles. The molecule has 0 aliphatic carbocycles. The van der Waals surface area contributed by atoms with E-state index in [2.05, 4.69) is 25.8 Å². The van der Waals surface area contributed by atoms with E-state index < -0.39 is 0 Å². The third kappa shape index (κ3) is 2.72. The number of hydrogen-bond acceptors (Lipinski definition) is 6. The molecule has 4 rings (SSSR count). The number of fused-ring (bicyclic) bond motifs is 3. The highest BCUT2D eigenvalue weighted by Gasteiger charge is 2.23. The van der Waals surface area contributed by atoms with Crippen molar-refractivity contribution in [1.82, 2.24) is 25.8 Å². The van der Waals surface area contributed by atoms with Crippen LogP contribution in [0.25, 0.3) is 10.1 Å². The Bertz CT molecular complexity index is 992. The second kappa shape index (κ2) is 5.85. The smallest absolute Gasteiger partial charge is 0.261 e. The van der Waals surface area contributed by atoms with E-state index in [-0.39, 0.29) is 23.8 Å². The number of nitrogens with one attached hydrogen (secondary N) is 3. The van der Waals surface area contributed by atoms with E-state index in [0.29, 0.717) is 17.9 Å². The maximum atomic E-state index is 12.6. The first kappa shape index (κ1) is 15.6. The SMILES string of the molecule is C[C@@H](NC(=O)c1ccc2sc3c(c2c1)CCNC3=O)c1nc(N)n[nH]1. The van der Waals surface area contributed by atoms with E-state index in [9.17, 15) is 9.59 Å². The number of nitrogen functional groups attached to an aromatic ring is 1. The minimum absolute atomic E-state index is 0.0371. The topological polar surface area (TPSA) is 126 Å². The van der Waals surface area contributed by atoms with Crippen molar-refractivity contribution in [3.63, 3.8) is 0 Å². The summed E-state index contributed by atoms with van der Waals surface area (Å²) in [5, 5.41) is 13.1. The molecule has 3 aromatic rings. The number of benzene rings is 1. The van der Waals surface area contributed by atoms with Crippen molar-refractivity contribution >= 4 is 39.2 Å². The Balaban J connectivity index is 1.62. The number of carbonyl (C=O) groups is 2. The molecule has 0 saturated heterocycles. The van der Waals surface area contributed by atoms with Gasteiger partial charge in [-0.25, -0.2) is 0 Å². The highest BCUT2D eigenvalue weighted by molar-refractivity contribution is 7.21. The van der Waals surface area contributed by atoms with Crippen LogP contribution in [0.2, 0.25) is 0 Å². The molecule has 1 aliphatic heterocycles. The Morgan fingerprint density at radius 1 is 1.44 bits per heavy atom. The first-order valence-electron chi connectivity index (χ1n) is 7.85. The molecule has 0 spiro atoms. The van der Waals surface area contributed by atoms with Gasteiger partial charge in [-0.15, -0.1) is 16.4 Å². The van der Waals surface area contributed by atoms with Gasteiger partial charge in [-0.1, -0.05) is 0 Å². The number of aromatic amines is 1. The van der Waals surface area contributed by atoms with Gasteiger partial charge in [0.15, 0.2) is 0 Å².